The van der Waals surface area contributed by atoms with Crippen LogP contribution in [-0.4, -0.2) is 313 Å². The first-order valence-electron chi connectivity index (χ1n) is 46.5. The molecule has 1 saturated carbocycles. The van der Waals surface area contributed by atoms with Gasteiger partial charge in [0, 0.05) is 124 Å². The van der Waals surface area contributed by atoms with E-state index in [9.17, 15) is 53.4 Å². The molecule has 0 spiro atoms. The predicted octanol–water partition coefficient (Wildman–Crippen LogP) is -2.46. The number of carbonyl (C=O) groups is 18. The highest BCUT2D eigenvalue weighted by molar-refractivity contribution is 8.00. The molecule has 1 aliphatic carbocycles. The molecule has 16 amide bonds. The second-order valence-electron chi connectivity index (χ2n) is 35.2. The number of rotatable bonds is 29. The highest BCUT2D eigenvalue weighted by atomic mass is 32.2. The molecule has 3 fully saturated rings. The van der Waals surface area contributed by atoms with E-state index in [0.717, 1.165) is 26.5 Å². The van der Waals surface area contributed by atoms with Crippen molar-refractivity contribution < 1.29 is 101 Å². The number of primary amides is 2. The number of aromatic amines is 3. The SMILES string of the molecule is CCCC[C@H]1C(=O)N(C)[C@@H](CCCC)C(=O)N[C@@H](CCCNC(=N)N)C(=O)N[C@H](C(=O)NCC(N)=O)CSCC(=O)N[C@@H](Cc2ccc(OC)cc2)C(=O)N(C)[C@@H](C)C(=O)N[C@@H](CC(N)=O)C(=O)N2CCCC2C(=O)N[C@@H](Cc2cnc[nH]2)C(=O)N[C@@H](CCC(=O)O)C(=O)C2C[C@H](O)C[C@H]2C(=O)N[C@@H](Cc2c[nH]c3ccccc23)C(=O)N[C@@H](CCN)C(=O)N[C@@H](Cc2c[nH]c3ccccc23)C(=O)N1C. The van der Waals surface area contributed by atoms with Gasteiger partial charge in [-0.15, -0.1) is 11.8 Å². The van der Waals surface area contributed by atoms with Gasteiger partial charge in [-0.25, -0.2) is 4.98 Å². The van der Waals surface area contributed by atoms with E-state index in [-0.39, 0.29) is 96.0 Å². The Morgan fingerprint density at radius 3 is 1.71 bits per heavy atom. The number of ether oxygens (including phenoxy) is 1. The van der Waals surface area contributed by atoms with Gasteiger partial charge in [0.05, 0.1) is 50.2 Å². The number of methoxy groups -OCH3 is 1. The van der Waals surface area contributed by atoms with Crippen LogP contribution in [0.4, 0.5) is 0 Å². The number of thioether (sulfide) groups is 1. The van der Waals surface area contributed by atoms with Gasteiger partial charge in [-0.2, -0.15) is 0 Å². The lowest BCUT2D eigenvalue weighted by Crippen LogP contribution is -2.61. The molecule has 2 saturated heterocycles. The van der Waals surface area contributed by atoms with Gasteiger partial charge in [0.2, 0.25) is 94.5 Å². The lowest BCUT2D eigenvalue weighted by molar-refractivity contribution is -0.149. The standard InChI is InChI=1S/C93H130N24O21S/c1-8-10-23-72-87(132)108-64(22-16-34-100-93(97)98)83(128)113-71(82(127)103-46-76(96)120)47-139-48-77(121)105-68(36-51-26-28-56(138-7)29-27-51)89(134)114(4)50(3)80(125)111-70(42-75(95)119)91(136)117-35-17-25-73(117)88(133)110-67(39-54-45-99-49-104-54)86(131)106-63(30-31-78(122)123)79(124)59-40-55(118)41-60(59)81(126)109-66(37-52-43-101-61-20-14-12-18-57(52)61)85(130)107-65(32-33-94)84(129)112-69(38-53-44-102-62-21-15-13-19-58(53)62)90(135)116(6)74(24-11-9-2)92(137)115(72)5/h12-15,18-21,26-29,43-45,49-50,55,59-60,63-74,101-102,118H,8-11,16-17,22-25,30-42,46-48,94H2,1-7H3,(H2,95,119)(H2,96,120)(H,99,104)(H,103,127)(H,105,121)(H,106,131)(H,107,130)(H,108,132)(H,109,126)(H,110,133)(H,111,125)(H,112,129)(H,113,128)(H,122,123)(H4,97,98,100)/t50-,55-,59?,60+,63-,64-,65-,66-,67-,68-,69-,70-,71-,72-,73?,74-/m0/s1. The van der Waals surface area contributed by atoms with Crippen LogP contribution in [0.25, 0.3) is 21.8 Å². The number of carboxylic acid groups (broad SMARTS) is 1. The summed E-state index contributed by atoms with van der Waals surface area (Å²) in [6, 6.07) is 0.0659. The van der Waals surface area contributed by atoms with Crippen LogP contribution in [0.5, 0.6) is 5.75 Å². The number of fused-ring (bicyclic) bond motifs is 4. The van der Waals surface area contributed by atoms with Gasteiger partial charge in [-0.05, 0) is 119 Å². The first-order chi connectivity index (χ1) is 66.3. The number of carboxylic acids is 1. The predicted molar refractivity (Wildman–Crippen MR) is 510 cm³/mol. The van der Waals surface area contributed by atoms with E-state index in [1.807, 2.05) is 13.8 Å². The molecule has 754 valence electrons. The second-order valence-corrected chi connectivity index (χ2v) is 36.2. The van der Waals surface area contributed by atoms with Gasteiger partial charge in [0.25, 0.3) is 0 Å². The minimum absolute atomic E-state index is 0.00304. The maximum Gasteiger partial charge on any atom is 0.303 e. The summed E-state index contributed by atoms with van der Waals surface area (Å²) in [7, 11) is 5.37. The Labute approximate surface area is 806 Å². The summed E-state index contributed by atoms with van der Waals surface area (Å²) >= 11 is 0.772. The molecule has 6 aromatic rings. The molecule has 45 nitrogen and oxygen atoms in total. The fourth-order valence-electron chi connectivity index (χ4n) is 17.4. The Kier molecular flexibility index (Phi) is 41.0. The zero-order valence-electron chi connectivity index (χ0n) is 79.0. The van der Waals surface area contributed by atoms with E-state index in [1.165, 1.54) is 52.6 Å². The lowest BCUT2D eigenvalue weighted by atomic mass is 9.85. The summed E-state index contributed by atoms with van der Waals surface area (Å²) in [5.41, 5.74) is 26.1. The molecule has 25 N–H and O–H groups in total. The van der Waals surface area contributed by atoms with Crippen molar-refractivity contribution in [3.8, 4) is 5.75 Å². The Morgan fingerprint density at radius 2 is 1.10 bits per heavy atom. The third-order valence-corrected chi connectivity index (χ3v) is 26.2. The summed E-state index contributed by atoms with van der Waals surface area (Å²) in [6.07, 6.45) is 1.49. The van der Waals surface area contributed by atoms with Gasteiger partial charge < -0.3 is 131 Å². The van der Waals surface area contributed by atoms with Gasteiger partial charge in [0.1, 0.15) is 78.3 Å². The summed E-state index contributed by atoms with van der Waals surface area (Å²) < 4.78 is 5.35. The van der Waals surface area contributed by atoms with Crippen LogP contribution in [0.2, 0.25) is 0 Å². The first kappa shape index (κ1) is 109. The number of likely N-dealkylation sites (N-methyl/N-ethyl adjacent to an activating group) is 3. The number of aromatic nitrogens is 4. The van der Waals surface area contributed by atoms with Crippen molar-refractivity contribution in [2.75, 3.05) is 65.9 Å². The van der Waals surface area contributed by atoms with E-state index in [4.69, 9.17) is 33.1 Å². The topological polar surface area (TPSA) is 690 Å². The normalized spacial score (nSPS) is 24.8. The highest BCUT2D eigenvalue weighted by Crippen LogP contribution is 2.36. The number of Topliss-reactive ketones (excluding diaryl/α,β-unsaturated/α-hetero) is 1. The number of amides is 16. The van der Waals surface area contributed by atoms with E-state index >= 15 is 43.2 Å². The maximum absolute atomic E-state index is 15.9. The van der Waals surface area contributed by atoms with Crippen molar-refractivity contribution in [1.29, 1.82) is 5.41 Å². The number of aliphatic hydroxyl groups excluding tert-OH is 1. The van der Waals surface area contributed by atoms with Gasteiger partial charge >= 0.3 is 5.97 Å². The number of para-hydroxylation sites is 2. The van der Waals surface area contributed by atoms with Crippen molar-refractivity contribution in [1.82, 2.24) is 98.0 Å². The molecule has 3 aromatic carbocycles. The number of nitrogens with zero attached hydrogens (tertiary/aromatic N) is 5. The number of imidazole rings is 1. The maximum atomic E-state index is 15.9. The molecule has 3 aliphatic rings. The molecule has 0 radical (unpaired) electrons. The van der Waals surface area contributed by atoms with Crippen molar-refractivity contribution >= 4 is 146 Å². The molecular formula is C93H130N24O21S. The third kappa shape index (κ3) is 30.7. The van der Waals surface area contributed by atoms with Crippen LogP contribution in [0.3, 0.4) is 0 Å². The average Bonchev–Trinajstić information content (AvgIpc) is 1.55. The molecule has 9 rings (SSSR count). The number of ketones is 1. The minimum atomic E-state index is -1.81. The number of aliphatic carboxylic acids is 1. The molecule has 2 unspecified atom stereocenters. The number of hydrogen-bond donors (Lipinski definition) is 21. The van der Waals surface area contributed by atoms with Crippen molar-refractivity contribution in [2.24, 2.45) is 34.8 Å². The number of H-pyrrole nitrogens is 3. The third-order valence-electron chi connectivity index (χ3n) is 25.2. The zero-order chi connectivity index (χ0) is 101. The Balaban J connectivity index is 1.12. The van der Waals surface area contributed by atoms with E-state index in [0.29, 0.717) is 69.9 Å². The summed E-state index contributed by atoms with van der Waals surface area (Å²) in [6.45, 7) is 3.80. The molecule has 0 bridgehead atoms. The van der Waals surface area contributed by atoms with Crippen LogP contribution >= 0.6 is 11.8 Å². The molecule has 46 heteroatoms. The van der Waals surface area contributed by atoms with Gasteiger partial charge in [-0.3, -0.25) is 91.7 Å². The number of unbranched alkanes of at least 4 members (excludes halogenated alkanes) is 2. The van der Waals surface area contributed by atoms with Crippen molar-refractivity contribution in [3.63, 3.8) is 0 Å². The summed E-state index contributed by atoms with van der Waals surface area (Å²) in [5, 5.41) is 60.0. The number of hydrogen-bond acceptors (Lipinski definition) is 24. The number of aliphatic hydroxyl groups is 1. The first-order valence-corrected chi connectivity index (χ1v) is 47.7. The monoisotopic (exact) mass is 1950 g/mol. The summed E-state index contributed by atoms with van der Waals surface area (Å²) in [5.74, 6) is -21.5. The van der Waals surface area contributed by atoms with E-state index in [1.54, 1.807) is 85.2 Å². The van der Waals surface area contributed by atoms with Gasteiger partial charge in [0.15, 0.2) is 11.7 Å². The smallest absolute Gasteiger partial charge is 0.303 e. The minimum Gasteiger partial charge on any atom is -0.497 e. The fourth-order valence-corrected chi connectivity index (χ4v) is 18.3. The van der Waals surface area contributed by atoms with Crippen molar-refractivity contribution in [3.05, 3.63) is 120 Å². The molecular weight excluding hydrogens is 1820 g/mol. The van der Waals surface area contributed by atoms with E-state index in [2.05, 4.69) is 78.4 Å². The number of benzene rings is 3. The Bertz CT molecular complexity index is 5360. The summed E-state index contributed by atoms with van der Waals surface area (Å²) in [4.78, 5) is 282. The number of nitrogens with one attached hydrogen (secondary N) is 15. The average molecular weight is 1950 g/mol. The highest BCUT2D eigenvalue weighted by Gasteiger charge is 2.48. The number of guanidine groups is 1. The van der Waals surface area contributed by atoms with Crippen LogP contribution in [0.15, 0.2) is 97.7 Å². The molecule has 16 atom stereocenters. The largest absolute Gasteiger partial charge is 0.497 e. The quantitative estimate of drug-likeness (QED) is 0.0132. The van der Waals surface area contributed by atoms with Gasteiger partial charge in [-0.1, -0.05) is 88.1 Å². The zero-order valence-corrected chi connectivity index (χ0v) is 79.8. The molecule has 2 aliphatic heterocycles. The van der Waals surface area contributed by atoms with Crippen molar-refractivity contribution in [2.45, 2.75) is 234 Å². The molecule has 3 aromatic heterocycles. The number of nitrogens with two attached hydrogens (primary N) is 4. The van der Waals surface area contributed by atoms with Crippen LogP contribution < -0.4 is 86.2 Å². The fraction of sp³-hybridized carbons (Fsp3) is 0.527. The second kappa shape index (κ2) is 52.5. The van der Waals surface area contributed by atoms with Crippen LogP contribution in [0.1, 0.15) is 146 Å². The molecule has 5 heterocycles. The lowest BCUT2D eigenvalue weighted by Gasteiger charge is -2.36. The van der Waals surface area contributed by atoms with E-state index < -0.39 is 259 Å². The van der Waals surface area contributed by atoms with Crippen LogP contribution in [0, 0.1) is 17.2 Å². The molecule has 139 heavy (non-hydrogen) atoms. The number of carbonyl (C=O) groups excluding carboxylic acids is 17. The Hall–Kier alpha value is -14.1. The Morgan fingerprint density at radius 1 is 0.554 bits per heavy atom. The van der Waals surface area contributed by atoms with Crippen LogP contribution in [-0.2, 0) is 112 Å².